The molecule has 0 saturated carbocycles. The molecule has 0 spiro atoms. The van der Waals surface area contributed by atoms with Crippen molar-refractivity contribution in [2.45, 2.75) is 6.42 Å². The summed E-state index contributed by atoms with van der Waals surface area (Å²) in [5, 5.41) is 6.54. The smallest absolute Gasteiger partial charge is 0.205 e. The topological polar surface area (TPSA) is 81.8 Å². The number of rotatable bonds is 7. The Bertz CT molecular complexity index is 682. The molecule has 0 unspecified atom stereocenters. The molecular formula is C15H18N4O2S. The van der Waals surface area contributed by atoms with E-state index in [0.717, 1.165) is 11.1 Å². The standard InChI is InChI=1S/C15H18N4O2S/c1-4-5-11-6-10(7-12(20-2)14(11)21-3)8-17-19-15-18-13(16)9-22-15/h4,6-9H,1,5,16H2,2-3H3,(H,18,19). The van der Waals surface area contributed by atoms with Crippen molar-refractivity contribution in [3.05, 3.63) is 41.3 Å². The average Bonchev–Trinajstić information content (AvgIpc) is 2.92. The molecule has 22 heavy (non-hydrogen) atoms. The molecule has 0 radical (unpaired) electrons. The van der Waals surface area contributed by atoms with Crippen molar-refractivity contribution in [2.75, 3.05) is 25.4 Å². The zero-order chi connectivity index (χ0) is 15.9. The van der Waals surface area contributed by atoms with Gasteiger partial charge in [-0.2, -0.15) is 5.10 Å². The van der Waals surface area contributed by atoms with E-state index in [1.165, 1.54) is 11.3 Å². The molecule has 3 N–H and O–H groups in total. The van der Waals surface area contributed by atoms with Crippen molar-refractivity contribution < 1.29 is 9.47 Å². The van der Waals surface area contributed by atoms with Crippen LogP contribution in [0.1, 0.15) is 11.1 Å². The summed E-state index contributed by atoms with van der Waals surface area (Å²) < 4.78 is 10.8. The van der Waals surface area contributed by atoms with Crippen LogP contribution in [-0.4, -0.2) is 25.4 Å². The molecular weight excluding hydrogens is 300 g/mol. The molecule has 1 heterocycles. The second-order valence-electron chi connectivity index (χ2n) is 4.36. The summed E-state index contributed by atoms with van der Waals surface area (Å²) in [5.74, 6) is 1.84. The molecule has 0 aliphatic carbocycles. The normalized spacial score (nSPS) is 10.6. The highest BCUT2D eigenvalue weighted by Gasteiger charge is 2.10. The first-order valence-corrected chi connectivity index (χ1v) is 7.41. The SMILES string of the molecule is C=CCc1cc(C=NNc2nc(N)cs2)cc(OC)c1OC. The van der Waals surface area contributed by atoms with Crippen molar-refractivity contribution >= 4 is 28.5 Å². The molecule has 0 saturated heterocycles. The number of benzene rings is 1. The van der Waals surface area contributed by atoms with Crippen molar-refractivity contribution in [1.29, 1.82) is 0 Å². The zero-order valence-electron chi connectivity index (χ0n) is 12.5. The van der Waals surface area contributed by atoms with Crippen molar-refractivity contribution in [3.63, 3.8) is 0 Å². The van der Waals surface area contributed by atoms with E-state index in [0.29, 0.717) is 28.9 Å². The Kier molecular flexibility index (Phi) is 5.37. The van der Waals surface area contributed by atoms with Crippen LogP contribution >= 0.6 is 11.3 Å². The number of hydrogen-bond donors (Lipinski definition) is 2. The van der Waals surface area contributed by atoms with Gasteiger partial charge in [0, 0.05) is 10.9 Å². The van der Waals surface area contributed by atoms with Crippen LogP contribution in [0.2, 0.25) is 0 Å². The van der Waals surface area contributed by atoms with E-state index in [1.54, 1.807) is 25.8 Å². The molecule has 6 nitrogen and oxygen atoms in total. The summed E-state index contributed by atoms with van der Waals surface area (Å²) in [5.41, 5.74) is 10.3. The van der Waals surface area contributed by atoms with Crippen LogP contribution in [0.15, 0.2) is 35.3 Å². The van der Waals surface area contributed by atoms with E-state index in [9.17, 15) is 0 Å². The van der Waals surface area contributed by atoms with Crippen LogP contribution in [0.3, 0.4) is 0 Å². The van der Waals surface area contributed by atoms with Crippen LogP contribution in [-0.2, 0) is 6.42 Å². The monoisotopic (exact) mass is 318 g/mol. The third-order valence-corrected chi connectivity index (χ3v) is 3.60. The number of anilines is 2. The molecule has 1 aromatic carbocycles. The van der Waals surface area contributed by atoms with Gasteiger partial charge < -0.3 is 15.2 Å². The molecule has 2 rings (SSSR count). The van der Waals surface area contributed by atoms with E-state index < -0.39 is 0 Å². The molecule has 0 aliphatic rings. The second-order valence-corrected chi connectivity index (χ2v) is 5.21. The Hall–Kier alpha value is -2.54. The predicted octanol–water partition coefficient (Wildman–Crippen LogP) is 2.92. The van der Waals surface area contributed by atoms with Gasteiger partial charge in [-0.3, -0.25) is 5.43 Å². The summed E-state index contributed by atoms with van der Waals surface area (Å²) in [4.78, 5) is 4.06. The Morgan fingerprint density at radius 3 is 2.82 bits per heavy atom. The van der Waals surface area contributed by atoms with Gasteiger partial charge in [0.1, 0.15) is 5.82 Å². The minimum atomic E-state index is 0.474. The summed E-state index contributed by atoms with van der Waals surface area (Å²) in [6.45, 7) is 3.76. The molecule has 0 bridgehead atoms. The van der Waals surface area contributed by atoms with Crippen LogP contribution < -0.4 is 20.6 Å². The maximum absolute atomic E-state index is 5.55. The number of nitrogen functional groups attached to an aromatic ring is 1. The largest absolute Gasteiger partial charge is 0.493 e. The van der Waals surface area contributed by atoms with Gasteiger partial charge in [0.2, 0.25) is 5.13 Å². The van der Waals surface area contributed by atoms with Gasteiger partial charge in [0.25, 0.3) is 0 Å². The van der Waals surface area contributed by atoms with Gasteiger partial charge in [0.15, 0.2) is 11.5 Å². The molecule has 0 atom stereocenters. The third kappa shape index (κ3) is 3.76. The number of hydrogen-bond acceptors (Lipinski definition) is 7. The van der Waals surface area contributed by atoms with Crippen molar-refractivity contribution in [1.82, 2.24) is 4.98 Å². The molecule has 0 aliphatic heterocycles. The first kappa shape index (κ1) is 15.8. The number of allylic oxidation sites excluding steroid dienone is 1. The Morgan fingerprint density at radius 1 is 1.41 bits per heavy atom. The third-order valence-electron chi connectivity index (χ3n) is 2.84. The molecule has 7 heteroatoms. The minimum absolute atomic E-state index is 0.474. The second kappa shape index (κ2) is 7.46. The number of hydrazone groups is 1. The zero-order valence-corrected chi connectivity index (χ0v) is 13.3. The number of nitrogens with one attached hydrogen (secondary N) is 1. The number of thiazole rings is 1. The van der Waals surface area contributed by atoms with Gasteiger partial charge in [-0.1, -0.05) is 6.08 Å². The first-order chi connectivity index (χ1) is 10.7. The minimum Gasteiger partial charge on any atom is -0.493 e. The highest BCUT2D eigenvalue weighted by molar-refractivity contribution is 7.14. The van der Waals surface area contributed by atoms with Gasteiger partial charge in [-0.05, 0) is 24.1 Å². The summed E-state index contributed by atoms with van der Waals surface area (Å²) in [7, 11) is 3.22. The number of methoxy groups -OCH3 is 2. The quantitative estimate of drug-likeness (QED) is 0.466. The average molecular weight is 318 g/mol. The van der Waals surface area contributed by atoms with Crippen molar-refractivity contribution in [2.24, 2.45) is 5.10 Å². The van der Waals surface area contributed by atoms with Crippen LogP contribution in [0, 0.1) is 0 Å². The fourth-order valence-corrected chi connectivity index (χ4v) is 2.50. The fraction of sp³-hybridized carbons (Fsp3) is 0.200. The lowest BCUT2D eigenvalue weighted by molar-refractivity contribution is 0.352. The molecule has 1 aromatic heterocycles. The Labute approximate surface area is 133 Å². The van der Waals surface area contributed by atoms with Crippen LogP contribution in [0.25, 0.3) is 0 Å². The van der Waals surface area contributed by atoms with Gasteiger partial charge in [-0.15, -0.1) is 17.9 Å². The van der Waals surface area contributed by atoms with E-state index in [4.69, 9.17) is 15.2 Å². The summed E-state index contributed by atoms with van der Waals surface area (Å²) in [6.07, 6.45) is 4.18. The molecule has 116 valence electrons. The molecule has 2 aromatic rings. The number of ether oxygens (including phenoxy) is 2. The predicted molar refractivity (Wildman–Crippen MR) is 91.2 cm³/mol. The van der Waals surface area contributed by atoms with E-state index in [-0.39, 0.29) is 0 Å². The molecule has 0 fully saturated rings. The van der Waals surface area contributed by atoms with Gasteiger partial charge in [0.05, 0.1) is 20.4 Å². The maximum atomic E-state index is 5.55. The summed E-state index contributed by atoms with van der Waals surface area (Å²) in [6, 6.07) is 3.83. The Balaban J connectivity index is 2.22. The van der Waals surface area contributed by atoms with Gasteiger partial charge >= 0.3 is 0 Å². The maximum Gasteiger partial charge on any atom is 0.205 e. The lowest BCUT2D eigenvalue weighted by Crippen LogP contribution is -1.98. The summed E-state index contributed by atoms with van der Waals surface area (Å²) >= 11 is 1.39. The lowest BCUT2D eigenvalue weighted by Gasteiger charge is -2.12. The lowest BCUT2D eigenvalue weighted by atomic mass is 10.1. The highest BCUT2D eigenvalue weighted by Crippen LogP contribution is 2.32. The number of nitrogens with zero attached hydrogens (tertiary/aromatic N) is 2. The number of aromatic nitrogens is 1. The molecule has 0 amide bonds. The Morgan fingerprint density at radius 2 is 2.23 bits per heavy atom. The van der Waals surface area contributed by atoms with Crippen LogP contribution in [0.5, 0.6) is 11.5 Å². The van der Waals surface area contributed by atoms with E-state index in [1.807, 2.05) is 18.2 Å². The van der Waals surface area contributed by atoms with E-state index in [2.05, 4.69) is 22.1 Å². The van der Waals surface area contributed by atoms with Gasteiger partial charge in [-0.25, -0.2) is 4.98 Å². The van der Waals surface area contributed by atoms with Crippen molar-refractivity contribution in [3.8, 4) is 11.5 Å². The highest BCUT2D eigenvalue weighted by atomic mass is 32.1. The van der Waals surface area contributed by atoms with E-state index >= 15 is 0 Å². The van der Waals surface area contributed by atoms with Crippen LogP contribution in [0.4, 0.5) is 10.9 Å². The fourth-order valence-electron chi connectivity index (χ4n) is 1.95. The first-order valence-electron chi connectivity index (χ1n) is 6.53. The number of nitrogens with two attached hydrogens (primary N) is 1.